The standard InChI is InChI=1S/C15H20FN5O/c1-10-13(20(5)14(22)18-15(2,3)4)9-21(19-10)12-6-11(16)7-17-8-12/h6-9H,1-5H3,(H,18,22). The second-order valence-corrected chi connectivity index (χ2v) is 6.14. The molecule has 0 saturated heterocycles. The minimum absolute atomic E-state index is 0.229. The average Bonchev–Trinajstić information content (AvgIpc) is 2.78. The number of amides is 2. The van der Waals surface area contributed by atoms with E-state index in [9.17, 15) is 9.18 Å². The molecule has 0 aliphatic rings. The van der Waals surface area contributed by atoms with Crippen LogP contribution in [0.3, 0.4) is 0 Å². The number of rotatable bonds is 2. The van der Waals surface area contributed by atoms with Crippen LogP contribution >= 0.6 is 0 Å². The highest BCUT2D eigenvalue weighted by Crippen LogP contribution is 2.20. The molecule has 1 N–H and O–H groups in total. The molecule has 6 nitrogen and oxygen atoms in total. The van der Waals surface area contributed by atoms with Gasteiger partial charge in [-0.1, -0.05) is 0 Å². The molecule has 0 aliphatic heterocycles. The zero-order valence-electron chi connectivity index (χ0n) is 13.4. The first kappa shape index (κ1) is 15.9. The van der Waals surface area contributed by atoms with Crippen LogP contribution in [-0.4, -0.2) is 33.4 Å². The topological polar surface area (TPSA) is 63.1 Å². The third kappa shape index (κ3) is 3.60. The van der Waals surface area contributed by atoms with Crippen molar-refractivity contribution in [1.82, 2.24) is 20.1 Å². The van der Waals surface area contributed by atoms with Crippen LogP contribution in [0, 0.1) is 12.7 Å². The number of anilines is 1. The third-order valence-electron chi connectivity index (χ3n) is 2.98. The molecule has 0 saturated carbocycles. The largest absolute Gasteiger partial charge is 0.333 e. The molecule has 0 atom stereocenters. The molecule has 0 bridgehead atoms. The Bertz CT molecular complexity index is 689. The molecule has 0 fully saturated rings. The highest BCUT2D eigenvalue weighted by Gasteiger charge is 2.21. The van der Waals surface area contributed by atoms with Crippen molar-refractivity contribution in [2.24, 2.45) is 0 Å². The van der Waals surface area contributed by atoms with Gasteiger partial charge in [0.25, 0.3) is 0 Å². The lowest BCUT2D eigenvalue weighted by Crippen LogP contribution is -2.47. The molecule has 0 spiro atoms. The normalized spacial score (nSPS) is 11.4. The predicted octanol–water partition coefficient (Wildman–Crippen LogP) is 2.66. The van der Waals surface area contributed by atoms with Crippen molar-refractivity contribution < 1.29 is 9.18 Å². The van der Waals surface area contributed by atoms with E-state index in [0.717, 1.165) is 6.20 Å². The summed E-state index contributed by atoms with van der Waals surface area (Å²) in [6.07, 6.45) is 4.31. The maximum Gasteiger partial charge on any atom is 0.322 e. The summed E-state index contributed by atoms with van der Waals surface area (Å²) in [4.78, 5) is 17.5. The smallest absolute Gasteiger partial charge is 0.322 e. The Balaban J connectivity index is 2.28. The zero-order valence-corrected chi connectivity index (χ0v) is 13.4. The lowest BCUT2D eigenvalue weighted by molar-refractivity contribution is 0.239. The summed E-state index contributed by atoms with van der Waals surface area (Å²) >= 11 is 0. The van der Waals surface area contributed by atoms with E-state index in [-0.39, 0.29) is 11.6 Å². The Morgan fingerprint density at radius 2 is 2.05 bits per heavy atom. The minimum atomic E-state index is -0.439. The quantitative estimate of drug-likeness (QED) is 0.928. The maximum absolute atomic E-state index is 13.3. The van der Waals surface area contributed by atoms with Gasteiger partial charge >= 0.3 is 6.03 Å². The number of hydrogen-bond donors (Lipinski definition) is 1. The SMILES string of the molecule is Cc1nn(-c2cncc(F)c2)cc1N(C)C(=O)NC(C)(C)C. The van der Waals surface area contributed by atoms with Crippen LogP contribution < -0.4 is 10.2 Å². The molecule has 2 rings (SSSR count). The van der Waals surface area contributed by atoms with Gasteiger partial charge < -0.3 is 5.32 Å². The van der Waals surface area contributed by atoms with Crippen LogP contribution in [0.5, 0.6) is 0 Å². The van der Waals surface area contributed by atoms with E-state index in [1.807, 2.05) is 20.8 Å². The Morgan fingerprint density at radius 3 is 2.64 bits per heavy atom. The summed E-state index contributed by atoms with van der Waals surface area (Å²) in [5.41, 5.74) is 1.47. The fourth-order valence-electron chi connectivity index (χ4n) is 1.95. The van der Waals surface area contributed by atoms with Crippen LogP contribution in [-0.2, 0) is 0 Å². The molecule has 2 amide bonds. The lowest BCUT2D eigenvalue weighted by Gasteiger charge is -2.25. The minimum Gasteiger partial charge on any atom is -0.333 e. The van der Waals surface area contributed by atoms with Gasteiger partial charge in [-0.25, -0.2) is 13.9 Å². The summed E-state index contributed by atoms with van der Waals surface area (Å²) in [5, 5.41) is 7.19. The first-order valence-electron chi connectivity index (χ1n) is 6.90. The molecule has 0 aromatic carbocycles. The number of aromatic nitrogens is 3. The molecule has 0 radical (unpaired) electrons. The number of carbonyl (C=O) groups excluding carboxylic acids is 1. The summed E-state index contributed by atoms with van der Waals surface area (Å²) < 4.78 is 14.8. The van der Waals surface area contributed by atoms with E-state index < -0.39 is 5.82 Å². The molecular formula is C15H20FN5O. The zero-order chi connectivity index (χ0) is 16.5. The van der Waals surface area contributed by atoms with Gasteiger partial charge in [-0.05, 0) is 27.7 Å². The van der Waals surface area contributed by atoms with Crippen molar-refractivity contribution in [2.45, 2.75) is 33.2 Å². The summed E-state index contributed by atoms with van der Waals surface area (Å²) in [5.74, 6) is -0.439. The number of halogens is 1. The number of pyridine rings is 1. The number of urea groups is 1. The van der Waals surface area contributed by atoms with E-state index in [0.29, 0.717) is 17.1 Å². The van der Waals surface area contributed by atoms with Gasteiger partial charge in [0.2, 0.25) is 0 Å². The number of hydrogen-bond acceptors (Lipinski definition) is 3. The number of nitrogens with zero attached hydrogens (tertiary/aromatic N) is 4. The Morgan fingerprint density at radius 1 is 1.36 bits per heavy atom. The van der Waals surface area contributed by atoms with Crippen LogP contribution in [0.15, 0.2) is 24.7 Å². The molecular weight excluding hydrogens is 285 g/mol. The van der Waals surface area contributed by atoms with Crippen LogP contribution in [0.25, 0.3) is 5.69 Å². The molecule has 2 heterocycles. The Hall–Kier alpha value is -2.44. The second-order valence-electron chi connectivity index (χ2n) is 6.14. The monoisotopic (exact) mass is 305 g/mol. The van der Waals surface area contributed by atoms with Crippen molar-refractivity contribution in [3.05, 3.63) is 36.2 Å². The van der Waals surface area contributed by atoms with Gasteiger partial charge in [-0.15, -0.1) is 0 Å². The first-order valence-corrected chi connectivity index (χ1v) is 6.90. The summed E-state index contributed by atoms with van der Waals surface area (Å²) in [6.45, 7) is 7.52. The molecule has 0 aliphatic carbocycles. The Kier molecular flexibility index (Phi) is 4.16. The van der Waals surface area contributed by atoms with Gasteiger partial charge in [0, 0.05) is 18.7 Å². The molecule has 118 valence electrons. The van der Waals surface area contributed by atoms with E-state index in [1.165, 1.54) is 21.8 Å². The summed E-state index contributed by atoms with van der Waals surface area (Å²) in [6, 6.07) is 1.10. The number of carbonyl (C=O) groups is 1. The molecule has 22 heavy (non-hydrogen) atoms. The molecule has 7 heteroatoms. The van der Waals surface area contributed by atoms with Crippen molar-refractivity contribution in [2.75, 3.05) is 11.9 Å². The molecule has 2 aromatic rings. The van der Waals surface area contributed by atoms with Gasteiger partial charge in [-0.3, -0.25) is 9.88 Å². The van der Waals surface area contributed by atoms with Gasteiger partial charge in [-0.2, -0.15) is 5.10 Å². The van der Waals surface area contributed by atoms with Crippen molar-refractivity contribution in [3.8, 4) is 5.69 Å². The predicted molar refractivity (Wildman–Crippen MR) is 82.7 cm³/mol. The Labute approximate surface area is 129 Å². The number of nitrogens with one attached hydrogen (secondary N) is 1. The van der Waals surface area contributed by atoms with Crippen molar-refractivity contribution >= 4 is 11.7 Å². The molecule has 0 unspecified atom stereocenters. The van der Waals surface area contributed by atoms with Crippen LogP contribution in [0.2, 0.25) is 0 Å². The van der Waals surface area contributed by atoms with Crippen LogP contribution in [0.4, 0.5) is 14.9 Å². The first-order chi connectivity index (χ1) is 10.2. The second kappa shape index (κ2) is 5.75. The van der Waals surface area contributed by atoms with Crippen LogP contribution in [0.1, 0.15) is 26.5 Å². The molecule has 2 aromatic heterocycles. The van der Waals surface area contributed by atoms with Crippen molar-refractivity contribution in [1.29, 1.82) is 0 Å². The fourth-order valence-corrected chi connectivity index (χ4v) is 1.95. The highest BCUT2D eigenvalue weighted by atomic mass is 19.1. The highest BCUT2D eigenvalue weighted by molar-refractivity contribution is 5.92. The van der Waals surface area contributed by atoms with E-state index in [1.54, 1.807) is 20.2 Å². The van der Waals surface area contributed by atoms with Gasteiger partial charge in [0.15, 0.2) is 0 Å². The van der Waals surface area contributed by atoms with Crippen molar-refractivity contribution in [3.63, 3.8) is 0 Å². The van der Waals surface area contributed by atoms with Gasteiger partial charge in [0.1, 0.15) is 5.82 Å². The number of aryl methyl sites for hydroxylation is 1. The third-order valence-corrected chi connectivity index (χ3v) is 2.98. The maximum atomic E-state index is 13.3. The van der Waals surface area contributed by atoms with E-state index in [4.69, 9.17) is 0 Å². The summed E-state index contributed by atoms with van der Waals surface area (Å²) in [7, 11) is 1.67. The van der Waals surface area contributed by atoms with E-state index in [2.05, 4.69) is 15.4 Å². The lowest BCUT2D eigenvalue weighted by atomic mass is 10.1. The fraction of sp³-hybridized carbons (Fsp3) is 0.400. The van der Waals surface area contributed by atoms with E-state index >= 15 is 0 Å². The van der Waals surface area contributed by atoms with Gasteiger partial charge in [0.05, 0.1) is 35.7 Å². The average molecular weight is 305 g/mol.